The predicted octanol–water partition coefficient (Wildman–Crippen LogP) is 3.94. The summed E-state index contributed by atoms with van der Waals surface area (Å²) in [5.74, 6) is 1.04. The number of aryl methyl sites for hydroxylation is 1. The van der Waals surface area contributed by atoms with Gasteiger partial charge in [-0.25, -0.2) is 32.7 Å². The fraction of sp³-hybridized carbons (Fsp3) is 0.517. The van der Waals surface area contributed by atoms with Crippen LogP contribution in [0.3, 0.4) is 0 Å². The summed E-state index contributed by atoms with van der Waals surface area (Å²) in [7, 11) is -3.16. The van der Waals surface area contributed by atoms with E-state index in [1.54, 1.807) is 11.2 Å². The first-order valence-electron chi connectivity index (χ1n) is 14.3. The van der Waals surface area contributed by atoms with Crippen LogP contribution in [0.2, 0.25) is 0 Å². The summed E-state index contributed by atoms with van der Waals surface area (Å²) in [6.07, 6.45) is 8.32. The van der Waals surface area contributed by atoms with Crippen molar-refractivity contribution >= 4 is 21.7 Å². The standard InChI is InChI=1S/C29H38N8O3S/c1-3-41(38,39)35-13-10-24(11-14-35)19-27(9-12-30)36-22-25(21-32-36)28-23(2)20-31-29(33-28)37(26-7-5-4-6-8-26)34-15-17-40-18-16-34/h4-8,20-22,24,27H,3,9-11,13-19H2,1-2H3. The Morgan fingerprint density at radius 3 is 2.54 bits per heavy atom. The SMILES string of the molecule is CCS(=O)(=O)N1CCC(CC(CC#N)n2cc(-c3nc(N(c4ccccc4)N4CCOCC4)ncc3C)cn2)CC1. The van der Waals surface area contributed by atoms with Gasteiger partial charge in [0.2, 0.25) is 16.0 Å². The number of rotatable bonds is 10. The third kappa shape index (κ3) is 6.76. The summed E-state index contributed by atoms with van der Waals surface area (Å²) >= 11 is 0. The van der Waals surface area contributed by atoms with Crippen molar-refractivity contribution in [2.45, 2.75) is 45.6 Å². The van der Waals surface area contributed by atoms with E-state index in [9.17, 15) is 13.7 Å². The molecular formula is C29H38N8O3S. The maximum Gasteiger partial charge on any atom is 0.245 e. The lowest BCUT2D eigenvalue weighted by Crippen LogP contribution is -2.47. The minimum Gasteiger partial charge on any atom is -0.379 e. The Bertz CT molecular complexity index is 1440. The summed E-state index contributed by atoms with van der Waals surface area (Å²) in [6.45, 7) is 7.50. The van der Waals surface area contributed by atoms with Gasteiger partial charge in [-0.3, -0.25) is 4.68 Å². The Kier molecular flexibility index (Phi) is 9.29. The molecule has 11 nitrogen and oxygen atoms in total. The summed E-state index contributed by atoms with van der Waals surface area (Å²) in [5.41, 5.74) is 3.58. The smallest absolute Gasteiger partial charge is 0.245 e. The van der Waals surface area contributed by atoms with Gasteiger partial charge in [0.15, 0.2) is 0 Å². The second-order valence-corrected chi connectivity index (χ2v) is 12.9. The van der Waals surface area contributed by atoms with Crippen LogP contribution in [0, 0.1) is 24.2 Å². The largest absolute Gasteiger partial charge is 0.379 e. The molecule has 2 fully saturated rings. The second-order valence-electron chi connectivity index (χ2n) is 10.6. The third-order valence-corrected chi connectivity index (χ3v) is 9.81. The zero-order chi connectivity index (χ0) is 28.8. The van der Waals surface area contributed by atoms with E-state index in [0.29, 0.717) is 44.6 Å². The van der Waals surface area contributed by atoms with E-state index in [-0.39, 0.29) is 11.8 Å². The van der Waals surface area contributed by atoms with E-state index in [1.807, 2.05) is 60.5 Å². The predicted molar refractivity (Wildman–Crippen MR) is 157 cm³/mol. The van der Waals surface area contributed by atoms with Crippen molar-refractivity contribution in [2.75, 3.05) is 50.2 Å². The van der Waals surface area contributed by atoms with Crippen LogP contribution in [0.15, 0.2) is 48.9 Å². The van der Waals surface area contributed by atoms with E-state index >= 15 is 0 Å². The van der Waals surface area contributed by atoms with Crippen molar-refractivity contribution in [1.82, 2.24) is 29.1 Å². The second kappa shape index (κ2) is 13.1. The third-order valence-electron chi connectivity index (χ3n) is 7.93. The number of benzene rings is 1. The van der Waals surface area contributed by atoms with Gasteiger partial charge in [-0.15, -0.1) is 0 Å². The molecule has 0 amide bonds. The van der Waals surface area contributed by atoms with Gasteiger partial charge in [0.25, 0.3) is 0 Å². The minimum atomic E-state index is -3.16. The zero-order valence-electron chi connectivity index (χ0n) is 23.8. The fourth-order valence-electron chi connectivity index (χ4n) is 5.60. The fourth-order valence-corrected chi connectivity index (χ4v) is 6.73. The van der Waals surface area contributed by atoms with Crippen LogP contribution >= 0.6 is 0 Å². The van der Waals surface area contributed by atoms with Crippen LogP contribution in [-0.4, -0.2) is 82.6 Å². The Labute approximate surface area is 242 Å². The lowest BCUT2D eigenvalue weighted by atomic mass is 9.90. The minimum absolute atomic E-state index is 0.0936. The van der Waals surface area contributed by atoms with Gasteiger partial charge in [0, 0.05) is 44.1 Å². The molecular weight excluding hydrogens is 540 g/mol. The summed E-state index contributed by atoms with van der Waals surface area (Å²) in [4.78, 5) is 9.73. The summed E-state index contributed by atoms with van der Waals surface area (Å²) in [5, 5.41) is 18.5. The number of aromatic nitrogens is 4. The molecule has 2 aliphatic heterocycles. The lowest BCUT2D eigenvalue weighted by Gasteiger charge is -2.37. The van der Waals surface area contributed by atoms with Crippen molar-refractivity contribution in [2.24, 2.45) is 5.92 Å². The molecule has 218 valence electrons. The van der Waals surface area contributed by atoms with Crippen LogP contribution in [0.4, 0.5) is 11.6 Å². The van der Waals surface area contributed by atoms with Crippen molar-refractivity contribution in [3.63, 3.8) is 0 Å². The summed E-state index contributed by atoms with van der Waals surface area (Å²) < 4.78 is 33.6. The van der Waals surface area contributed by atoms with E-state index in [0.717, 1.165) is 54.9 Å². The molecule has 2 aliphatic rings. The first kappa shape index (κ1) is 29.1. The highest BCUT2D eigenvalue weighted by Crippen LogP contribution is 2.32. The van der Waals surface area contributed by atoms with E-state index in [1.165, 1.54) is 0 Å². The van der Waals surface area contributed by atoms with Gasteiger partial charge in [0.05, 0.1) is 55.1 Å². The molecule has 0 N–H and O–H groups in total. The highest BCUT2D eigenvalue weighted by Gasteiger charge is 2.29. The van der Waals surface area contributed by atoms with Gasteiger partial charge >= 0.3 is 0 Å². The van der Waals surface area contributed by atoms with E-state index in [4.69, 9.17) is 14.7 Å². The number of hydrazine groups is 1. The lowest BCUT2D eigenvalue weighted by molar-refractivity contribution is 0.0371. The van der Waals surface area contributed by atoms with Crippen LogP contribution in [0.25, 0.3) is 11.3 Å². The normalized spacial score (nSPS) is 18.2. The Hall–Kier alpha value is -3.37. The number of nitriles is 1. The quantitative estimate of drug-likeness (QED) is 0.352. The molecule has 2 aromatic heterocycles. The van der Waals surface area contributed by atoms with Gasteiger partial charge in [-0.2, -0.15) is 10.4 Å². The Balaban J connectivity index is 1.37. The number of anilines is 2. The number of para-hydroxylation sites is 1. The van der Waals surface area contributed by atoms with Crippen LogP contribution in [0.1, 0.15) is 44.2 Å². The molecule has 0 aliphatic carbocycles. The molecule has 1 unspecified atom stereocenters. The van der Waals surface area contributed by atoms with Crippen molar-refractivity contribution < 1.29 is 13.2 Å². The number of ether oxygens (including phenoxy) is 1. The number of piperidine rings is 1. The maximum absolute atomic E-state index is 12.3. The molecule has 0 spiro atoms. The maximum atomic E-state index is 12.3. The number of morpholine rings is 1. The number of nitrogens with zero attached hydrogens (tertiary/aromatic N) is 8. The molecule has 4 heterocycles. The molecule has 0 saturated carbocycles. The number of hydrogen-bond acceptors (Lipinski definition) is 9. The topological polar surface area (TPSA) is 120 Å². The first-order chi connectivity index (χ1) is 19.9. The van der Waals surface area contributed by atoms with E-state index in [2.05, 4.69) is 21.2 Å². The molecule has 2 saturated heterocycles. The van der Waals surface area contributed by atoms with Crippen molar-refractivity contribution in [1.29, 1.82) is 5.26 Å². The molecule has 12 heteroatoms. The molecule has 0 radical (unpaired) electrons. The highest BCUT2D eigenvalue weighted by molar-refractivity contribution is 7.89. The summed E-state index contributed by atoms with van der Waals surface area (Å²) in [6, 6.07) is 12.3. The van der Waals surface area contributed by atoms with Gasteiger partial charge in [-0.05, 0) is 56.7 Å². The van der Waals surface area contributed by atoms with Gasteiger partial charge in [-0.1, -0.05) is 18.2 Å². The molecule has 0 bridgehead atoms. The molecule has 5 rings (SSSR count). The molecule has 41 heavy (non-hydrogen) atoms. The average molecular weight is 579 g/mol. The van der Waals surface area contributed by atoms with Crippen molar-refractivity contribution in [3.8, 4) is 17.3 Å². The molecule has 1 atom stereocenters. The monoisotopic (exact) mass is 578 g/mol. The number of sulfonamides is 1. The van der Waals surface area contributed by atoms with Crippen LogP contribution in [-0.2, 0) is 14.8 Å². The highest BCUT2D eigenvalue weighted by atomic mass is 32.2. The van der Waals surface area contributed by atoms with Gasteiger partial charge in [0.1, 0.15) is 0 Å². The zero-order valence-corrected chi connectivity index (χ0v) is 24.6. The van der Waals surface area contributed by atoms with Crippen LogP contribution < -0.4 is 5.01 Å². The van der Waals surface area contributed by atoms with Crippen LogP contribution in [0.5, 0.6) is 0 Å². The van der Waals surface area contributed by atoms with Gasteiger partial charge < -0.3 is 4.74 Å². The molecule has 1 aromatic carbocycles. The van der Waals surface area contributed by atoms with E-state index < -0.39 is 10.0 Å². The average Bonchev–Trinajstić information content (AvgIpc) is 3.49. The van der Waals surface area contributed by atoms with Crippen molar-refractivity contribution in [3.05, 3.63) is 54.5 Å². The molecule has 3 aromatic rings. The Morgan fingerprint density at radius 1 is 1.12 bits per heavy atom. The number of hydrogen-bond donors (Lipinski definition) is 0. The Morgan fingerprint density at radius 2 is 1.85 bits per heavy atom. The first-order valence-corrected chi connectivity index (χ1v) is 15.9.